The molecule has 0 bridgehead atoms. The molecule has 0 spiro atoms. The van der Waals surface area contributed by atoms with E-state index >= 15 is 0 Å². The third-order valence-electron chi connectivity index (χ3n) is 2.37. The molecular formula is C10H14N2O3. The van der Waals surface area contributed by atoms with Crippen molar-refractivity contribution >= 4 is 11.9 Å². The molecule has 1 aliphatic rings. The molecule has 0 heterocycles. The molecule has 0 unspecified atom stereocenters. The molecule has 0 radical (unpaired) electrons. The predicted molar refractivity (Wildman–Crippen MR) is 51.7 cm³/mol. The van der Waals surface area contributed by atoms with Gasteiger partial charge in [0.1, 0.15) is 6.04 Å². The quantitative estimate of drug-likeness (QED) is 0.692. The largest absolute Gasteiger partial charge is 0.480 e. The van der Waals surface area contributed by atoms with Gasteiger partial charge in [-0.25, -0.2) is 4.79 Å². The van der Waals surface area contributed by atoms with Crippen molar-refractivity contribution in [3.8, 4) is 6.07 Å². The Balaban J connectivity index is 2.46. The van der Waals surface area contributed by atoms with Crippen LogP contribution in [-0.2, 0) is 9.59 Å². The van der Waals surface area contributed by atoms with Crippen molar-refractivity contribution in [1.82, 2.24) is 5.32 Å². The number of nitriles is 1. The number of rotatable bonds is 5. The Bertz CT molecular complexity index is 304. The summed E-state index contributed by atoms with van der Waals surface area (Å²) < 4.78 is 0. The smallest absolute Gasteiger partial charge is 0.326 e. The van der Waals surface area contributed by atoms with Crippen LogP contribution in [0.1, 0.15) is 26.2 Å². The molecule has 5 heteroatoms. The van der Waals surface area contributed by atoms with Gasteiger partial charge in [-0.1, -0.05) is 0 Å². The van der Waals surface area contributed by atoms with Crippen LogP contribution in [0.2, 0.25) is 0 Å². The molecule has 0 aromatic heterocycles. The van der Waals surface area contributed by atoms with E-state index in [9.17, 15) is 9.59 Å². The predicted octanol–water partition coefficient (Wildman–Crippen LogP) is 0.516. The molecule has 0 saturated heterocycles. The molecule has 82 valence electrons. The van der Waals surface area contributed by atoms with Crippen LogP contribution in [0.4, 0.5) is 0 Å². The Labute approximate surface area is 88.1 Å². The first-order valence-electron chi connectivity index (χ1n) is 4.97. The van der Waals surface area contributed by atoms with Gasteiger partial charge in [-0.15, -0.1) is 0 Å². The molecule has 2 atom stereocenters. The van der Waals surface area contributed by atoms with Crippen molar-refractivity contribution < 1.29 is 14.7 Å². The van der Waals surface area contributed by atoms with E-state index in [0.29, 0.717) is 0 Å². The summed E-state index contributed by atoms with van der Waals surface area (Å²) in [6.07, 6.45) is 1.84. The number of carbonyl (C=O) groups is 2. The van der Waals surface area contributed by atoms with Gasteiger partial charge in [0.25, 0.3) is 0 Å². The lowest BCUT2D eigenvalue weighted by Gasteiger charge is -2.14. The minimum absolute atomic E-state index is 0.00996. The molecule has 1 fully saturated rings. The Morgan fingerprint density at radius 3 is 2.60 bits per heavy atom. The van der Waals surface area contributed by atoms with Gasteiger partial charge >= 0.3 is 5.97 Å². The number of carboxylic acids is 1. The van der Waals surface area contributed by atoms with Gasteiger partial charge in [0.15, 0.2) is 0 Å². The molecule has 1 rings (SSSR count). The number of nitrogens with zero attached hydrogens (tertiary/aromatic N) is 1. The van der Waals surface area contributed by atoms with Crippen molar-refractivity contribution in [2.45, 2.75) is 32.2 Å². The Morgan fingerprint density at radius 1 is 1.60 bits per heavy atom. The fourth-order valence-electron chi connectivity index (χ4n) is 1.26. The summed E-state index contributed by atoms with van der Waals surface area (Å²) in [6.45, 7) is 1.64. The van der Waals surface area contributed by atoms with E-state index in [1.54, 1.807) is 6.92 Å². The van der Waals surface area contributed by atoms with Crippen LogP contribution in [-0.4, -0.2) is 23.0 Å². The van der Waals surface area contributed by atoms with Crippen LogP contribution in [0.25, 0.3) is 0 Å². The molecule has 0 aliphatic heterocycles. The van der Waals surface area contributed by atoms with Crippen molar-refractivity contribution in [2.24, 2.45) is 11.8 Å². The number of carbonyl (C=O) groups excluding carboxylic acids is 1. The van der Waals surface area contributed by atoms with E-state index in [4.69, 9.17) is 10.4 Å². The summed E-state index contributed by atoms with van der Waals surface area (Å²) in [6, 6.07) is 1.02. The minimum atomic E-state index is -1.08. The number of amides is 1. The molecule has 5 nitrogen and oxygen atoms in total. The second-order valence-electron chi connectivity index (χ2n) is 3.94. The maximum Gasteiger partial charge on any atom is 0.326 e. The van der Waals surface area contributed by atoms with E-state index in [1.807, 2.05) is 6.07 Å². The lowest BCUT2D eigenvalue weighted by molar-refractivity contribution is -0.142. The molecule has 2 N–H and O–H groups in total. The maximum atomic E-state index is 11.3. The highest BCUT2D eigenvalue weighted by atomic mass is 16.4. The number of nitrogens with one attached hydrogen (secondary N) is 1. The van der Waals surface area contributed by atoms with E-state index in [0.717, 1.165) is 12.8 Å². The first-order valence-corrected chi connectivity index (χ1v) is 4.97. The normalized spacial score (nSPS) is 18.7. The third-order valence-corrected chi connectivity index (χ3v) is 2.37. The van der Waals surface area contributed by atoms with E-state index in [1.165, 1.54) is 0 Å². The molecule has 1 saturated carbocycles. The average Bonchev–Trinajstić information content (AvgIpc) is 2.99. The summed E-state index contributed by atoms with van der Waals surface area (Å²) in [5, 5.41) is 19.9. The standard InChI is InChI=1S/C10H14N2O3/c1-6(5-11)4-8(10(14)15)12-9(13)7-2-3-7/h6-8H,2-4H2,1H3,(H,12,13)(H,14,15)/t6-,8+/m0/s1. The van der Waals surface area contributed by atoms with Gasteiger partial charge in [-0.05, 0) is 26.2 Å². The fourth-order valence-corrected chi connectivity index (χ4v) is 1.26. The summed E-state index contributed by atoms with van der Waals surface area (Å²) in [4.78, 5) is 22.1. The third kappa shape index (κ3) is 3.58. The summed E-state index contributed by atoms with van der Waals surface area (Å²) in [7, 11) is 0. The van der Waals surface area contributed by atoms with E-state index in [2.05, 4.69) is 5.32 Å². The number of hydrogen-bond donors (Lipinski definition) is 2. The molecule has 1 aliphatic carbocycles. The number of hydrogen-bond acceptors (Lipinski definition) is 3. The van der Waals surface area contributed by atoms with Crippen molar-refractivity contribution in [3.05, 3.63) is 0 Å². The second-order valence-corrected chi connectivity index (χ2v) is 3.94. The van der Waals surface area contributed by atoms with Gasteiger partial charge in [0.2, 0.25) is 5.91 Å². The molecule has 0 aromatic rings. The van der Waals surface area contributed by atoms with Gasteiger partial charge in [0.05, 0.1) is 6.07 Å². The number of aliphatic carboxylic acids is 1. The highest BCUT2D eigenvalue weighted by Crippen LogP contribution is 2.29. The summed E-state index contributed by atoms with van der Waals surface area (Å²) in [5.41, 5.74) is 0. The molecule has 1 amide bonds. The van der Waals surface area contributed by atoms with Gasteiger partial charge < -0.3 is 10.4 Å². The highest BCUT2D eigenvalue weighted by molar-refractivity contribution is 5.86. The summed E-state index contributed by atoms with van der Waals surface area (Å²) >= 11 is 0. The van der Waals surface area contributed by atoms with Crippen molar-refractivity contribution in [2.75, 3.05) is 0 Å². The lowest BCUT2D eigenvalue weighted by Crippen LogP contribution is -2.42. The Hall–Kier alpha value is -1.57. The van der Waals surface area contributed by atoms with Crippen LogP contribution in [0.15, 0.2) is 0 Å². The number of carboxylic acid groups (broad SMARTS) is 1. The Morgan fingerprint density at radius 2 is 2.20 bits per heavy atom. The first-order chi connectivity index (χ1) is 7.04. The van der Waals surface area contributed by atoms with Crippen LogP contribution in [0.5, 0.6) is 0 Å². The monoisotopic (exact) mass is 210 g/mol. The van der Waals surface area contributed by atoms with Crippen molar-refractivity contribution in [1.29, 1.82) is 5.26 Å². The minimum Gasteiger partial charge on any atom is -0.480 e. The van der Waals surface area contributed by atoms with Gasteiger partial charge in [-0.2, -0.15) is 5.26 Å². The topological polar surface area (TPSA) is 90.2 Å². The lowest BCUT2D eigenvalue weighted by atomic mass is 10.0. The van der Waals surface area contributed by atoms with Gasteiger partial charge in [0, 0.05) is 11.8 Å². The van der Waals surface area contributed by atoms with Gasteiger partial charge in [-0.3, -0.25) is 4.79 Å². The van der Waals surface area contributed by atoms with Crippen LogP contribution in [0, 0.1) is 23.2 Å². The molecule has 15 heavy (non-hydrogen) atoms. The Kier molecular flexibility index (Phi) is 3.67. The second kappa shape index (κ2) is 4.78. The van der Waals surface area contributed by atoms with Crippen LogP contribution >= 0.6 is 0 Å². The van der Waals surface area contributed by atoms with E-state index in [-0.39, 0.29) is 24.2 Å². The highest BCUT2D eigenvalue weighted by Gasteiger charge is 2.32. The van der Waals surface area contributed by atoms with E-state index < -0.39 is 12.0 Å². The zero-order valence-corrected chi connectivity index (χ0v) is 8.56. The zero-order valence-electron chi connectivity index (χ0n) is 8.56. The maximum absolute atomic E-state index is 11.3. The molecule has 0 aromatic carbocycles. The van der Waals surface area contributed by atoms with Crippen LogP contribution in [0.3, 0.4) is 0 Å². The SMILES string of the molecule is C[C@H](C#N)C[C@@H](NC(=O)C1CC1)C(=O)O. The summed E-state index contributed by atoms with van der Waals surface area (Å²) in [5.74, 6) is -1.66. The molecular weight excluding hydrogens is 196 g/mol. The van der Waals surface area contributed by atoms with Crippen LogP contribution < -0.4 is 5.32 Å². The zero-order chi connectivity index (χ0) is 11.4. The first kappa shape index (κ1) is 11.5. The fraction of sp³-hybridized carbons (Fsp3) is 0.700. The average molecular weight is 210 g/mol. The van der Waals surface area contributed by atoms with Crippen molar-refractivity contribution in [3.63, 3.8) is 0 Å².